The number of para-hydroxylation sites is 2. The minimum atomic E-state index is -0.259. The Morgan fingerprint density at radius 2 is 1.68 bits per heavy atom. The zero-order valence-electron chi connectivity index (χ0n) is 20.7. The van der Waals surface area contributed by atoms with E-state index in [0.29, 0.717) is 41.1 Å². The van der Waals surface area contributed by atoms with Crippen LogP contribution in [0, 0.1) is 0 Å². The molecular weight excluding hydrogens is 607 g/mol. The number of fused-ring (bicyclic) bond motifs is 1. The first-order valence-corrected chi connectivity index (χ1v) is 14.9. The van der Waals surface area contributed by atoms with E-state index in [2.05, 4.69) is 10.3 Å². The number of benzene rings is 3. The summed E-state index contributed by atoms with van der Waals surface area (Å²) in [6, 6.07) is 21.2. The highest BCUT2D eigenvalue weighted by Gasteiger charge is 2.32. The normalized spacial score (nSPS) is 14.3. The molecule has 1 aromatic heterocycles. The number of thiocarbonyl (C=S) groups is 1. The third-order valence-corrected chi connectivity index (χ3v) is 8.65. The number of rotatable bonds is 8. The van der Waals surface area contributed by atoms with E-state index in [-0.39, 0.29) is 36.4 Å². The molecule has 12 heteroatoms. The third-order valence-electron chi connectivity index (χ3n) is 5.83. The van der Waals surface area contributed by atoms with E-state index in [1.807, 2.05) is 24.3 Å². The van der Waals surface area contributed by atoms with Gasteiger partial charge in [0.1, 0.15) is 4.32 Å². The van der Waals surface area contributed by atoms with Crippen LogP contribution in [0.15, 0.2) is 82.9 Å². The van der Waals surface area contributed by atoms with Crippen LogP contribution in [0.5, 0.6) is 0 Å². The van der Waals surface area contributed by atoms with Gasteiger partial charge in [-0.2, -0.15) is 0 Å². The molecule has 0 saturated carbocycles. The highest BCUT2D eigenvalue weighted by molar-refractivity contribution is 8.26. The number of hydrogen-bond acceptors (Lipinski definition) is 7. The summed E-state index contributed by atoms with van der Waals surface area (Å²) < 4.78 is 1.89. The maximum Gasteiger partial charge on any atom is 0.266 e. The maximum atomic E-state index is 13.5. The molecule has 1 fully saturated rings. The average molecular weight is 628 g/mol. The van der Waals surface area contributed by atoms with Crippen molar-refractivity contribution in [3.63, 3.8) is 0 Å². The number of hydrogen-bond donors (Lipinski definition) is 1. The summed E-state index contributed by atoms with van der Waals surface area (Å²) in [4.78, 5) is 45.6. The molecule has 4 aromatic rings. The number of thioether (sulfide) groups is 2. The first-order valence-electron chi connectivity index (χ1n) is 12.0. The zero-order valence-corrected chi connectivity index (χ0v) is 24.6. The predicted molar refractivity (Wildman–Crippen MR) is 167 cm³/mol. The van der Waals surface area contributed by atoms with Crippen LogP contribution < -0.4 is 5.32 Å². The Morgan fingerprint density at radius 1 is 1.00 bits per heavy atom. The Balaban J connectivity index is 1.27. The molecule has 0 aliphatic carbocycles. The van der Waals surface area contributed by atoms with Gasteiger partial charge >= 0.3 is 0 Å². The summed E-state index contributed by atoms with van der Waals surface area (Å²) in [7, 11) is 0. The van der Waals surface area contributed by atoms with Crippen LogP contribution in [-0.2, 0) is 9.59 Å². The maximum absolute atomic E-state index is 13.5. The summed E-state index contributed by atoms with van der Waals surface area (Å²) in [6.07, 6.45) is 1.77. The van der Waals surface area contributed by atoms with Gasteiger partial charge in [0.25, 0.3) is 5.91 Å². The largest absolute Gasteiger partial charge is 0.325 e. The monoisotopic (exact) mass is 626 g/mol. The fourth-order valence-corrected chi connectivity index (χ4v) is 6.31. The average Bonchev–Trinajstić information content (AvgIpc) is 3.44. The van der Waals surface area contributed by atoms with E-state index in [1.54, 1.807) is 54.6 Å². The Kier molecular flexibility index (Phi) is 8.92. The molecule has 0 atom stereocenters. The molecule has 1 aliphatic rings. The molecule has 7 nitrogen and oxygen atoms in total. The molecule has 1 saturated heterocycles. The summed E-state index contributed by atoms with van der Waals surface area (Å²) in [5.41, 5.74) is 2.70. The van der Waals surface area contributed by atoms with Crippen molar-refractivity contribution in [2.75, 3.05) is 17.6 Å². The number of halogens is 2. The van der Waals surface area contributed by atoms with Gasteiger partial charge in [0.2, 0.25) is 11.8 Å². The molecule has 0 unspecified atom stereocenters. The summed E-state index contributed by atoms with van der Waals surface area (Å²) >= 11 is 19.7. The molecular formula is C28H20Cl2N4O3S3. The second-order valence-electron chi connectivity index (χ2n) is 8.59. The number of carbonyl (C=O) groups is 3. The van der Waals surface area contributed by atoms with Gasteiger partial charge < -0.3 is 5.32 Å². The van der Waals surface area contributed by atoms with Gasteiger partial charge in [0.05, 0.1) is 21.7 Å². The van der Waals surface area contributed by atoms with Crippen molar-refractivity contribution in [1.29, 1.82) is 0 Å². The SMILES string of the molecule is O=C(CSc1nc2ccccc2n1C(=O)CCN1C(=O)/C(=C\c2ccc(Cl)cc2)SC1=S)Nc1ccc(Cl)cc1. The molecule has 1 aliphatic heterocycles. The van der Waals surface area contributed by atoms with Crippen molar-refractivity contribution in [3.05, 3.63) is 93.3 Å². The highest BCUT2D eigenvalue weighted by atomic mass is 35.5. The number of imidazole rings is 1. The second kappa shape index (κ2) is 12.6. The van der Waals surface area contributed by atoms with E-state index in [4.69, 9.17) is 35.4 Å². The van der Waals surface area contributed by atoms with Crippen LogP contribution in [-0.4, -0.2) is 48.8 Å². The predicted octanol–water partition coefficient (Wildman–Crippen LogP) is 7.01. The van der Waals surface area contributed by atoms with Crippen LogP contribution in [0.4, 0.5) is 5.69 Å². The van der Waals surface area contributed by atoms with E-state index >= 15 is 0 Å². The van der Waals surface area contributed by atoms with E-state index in [9.17, 15) is 14.4 Å². The molecule has 0 bridgehead atoms. The Hall–Kier alpha value is -3.15. The van der Waals surface area contributed by atoms with Crippen molar-refractivity contribution >= 4 is 104 Å². The number of anilines is 1. The molecule has 5 rings (SSSR count). The van der Waals surface area contributed by atoms with Crippen molar-refractivity contribution in [2.24, 2.45) is 0 Å². The minimum Gasteiger partial charge on any atom is -0.325 e. The lowest BCUT2D eigenvalue weighted by Crippen LogP contribution is -2.31. The second-order valence-corrected chi connectivity index (χ2v) is 12.1. The van der Waals surface area contributed by atoms with Crippen molar-refractivity contribution in [2.45, 2.75) is 11.6 Å². The van der Waals surface area contributed by atoms with Crippen LogP contribution in [0.1, 0.15) is 16.8 Å². The number of aromatic nitrogens is 2. The minimum absolute atomic E-state index is 0.0194. The smallest absolute Gasteiger partial charge is 0.266 e. The molecule has 40 heavy (non-hydrogen) atoms. The molecule has 0 radical (unpaired) electrons. The lowest BCUT2D eigenvalue weighted by atomic mass is 10.2. The molecule has 1 N–H and O–H groups in total. The zero-order chi connectivity index (χ0) is 28.2. The van der Waals surface area contributed by atoms with Gasteiger partial charge in [0, 0.05) is 28.7 Å². The van der Waals surface area contributed by atoms with Crippen molar-refractivity contribution < 1.29 is 14.4 Å². The van der Waals surface area contributed by atoms with E-state index < -0.39 is 0 Å². The van der Waals surface area contributed by atoms with Crippen molar-refractivity contribution in [3.8, 4) is 0 Å². The third kappa shape index (κ3) is 6.59. The number of nitrogens with zero attached hydrogens (tertiary/aromatic N) is 3. The molecule has 3 aromatic carbocycles. The van der Waals surface area contributed by atoms with Crippen LogP contribution >= 0.6 is 58.9 Å². The topological polar surface area (TPSA) is 84.3 Å². The summed E-state index contributed by atoms with van der Waals surface area (Å²) in [6.45, 7) is 0.120. The van der Waals surface area contributed by atoms with Gasteiger partial charge in [-0.15, -0.1) is 0 Å². The van der Waals surface area contributed by atoms with Crippen LogP contribution in [0.2, 0.25) is 10.0 Å². The fourth-order valence-electron chi connectivity index (χ4n) is 3.92. The molecule has 2 amide bonds. The molecule has 0 spiro atoms. The van der Waals surface area contributed by atoms with E-state index in [0.717, 1.165) is 17.3 Å². The number of carbonyl (C=O) groups excluding carboxylic acids is 3. The Bertz CT molecular complexity index is 1650. The van der Waals surface area contributed by atoms with Gasteiger partial charge in [-0.1, -0.05) is 83.2 Å². The van der Waals surface area contributed by atoms with E-state index in [1.165, 1.54) is 21.2 Å². The first kappa shape index (κ1) is 28.4. The quantitative estimate of drug-likeness (QED) is 0.128. The lowest BCUT2D eigenvalue weighted by Gasteiger charge is -2.15. The summed E-state index contributed by atoms with van der Waals surface area (Å²) in [5, 5.41) is 4.38. The molecule has 2 heterocycles. The fraction of sp³-hybridized carbons (Fsp3) is 0.107. The number of nitrogens with one attached hydrogen (secondary N) is 1. The molecule has 202 valence electrons. The Labute approximate surface area is 253 Å². The van der Waals surface area contributed by atoms with Gasteiger partial charge in [0.15, 0.2) is 5.16 Å². The van der Waals surface area contributed by atoms with Gasteiger partial charge in [-0.05, 0) is 60.2 Å². The highest BCUT2D eigenvalue weighted by Crippen LogP contribution is 2.33. The van der Waals surface area contributed by atoms with Crippen LogP contribution in [0.25, 0.3) is 17.1 Å². The van der Waals surface area contributed by atoms with Gasteiger partial charge in [-0.3, -0.25) is 23.9 Å². The van der Waals surface area contributed by atoms with Gasteiger partial charge in [-0.25, -0.2) is 4.98 Å². The van der Waals surface area contributed by atoms with Crippen LogP contribution in [0.3, 0.4) is 0 Å². The standard InChI is InChI=1S/C28H20Cl2N4O3S3/c29-18-7-5-17(6-8-18)15-23-26(37)33(28(38)40-23)14-13-25(36)34-22-4-2-1-3-21(22)32-27(34)39-16-24(35)31-20-11-9-19(30)10-12-20/h1-12,15H,13-14,16H2,(H,31,35)/b23-15+. The Morgan fingerprint density at radius 3 is 2.40 bits per heavy atom. The lowest BCUT2D eigenvalue weighted by molar-refractivity contribution is -0.122. The first-order chi connectivity index (χ1) is 19.3. The number of amides is 2. The summed E-state index contributed by atoms with van der Waals surface area (Å²) in [5.74, 6) is -0.709. The van der Waals surface area contributed by atoms with Crippen molar-refractivity contribution in [1.82, 2.24) is 14.5 Å².